The third kappa shape index (κ3) is 2.01. The van der Waals surface area contributed by atoms with Crippen LogP contribution >= 0.6 is 0 Å². The lowest BCUT2D eigenvalue weighted by Gasteiger charge is -2.17. The average Bonchev–Trinajstić information content (AvgIpc) is 2.16. The van der Waals surface area contributed by atoms with Crippen LogP contribution in [0.5, 0.6) is 0 Å². The maximum Gasteiger partial charge on any atom is 0.269 e. The molecule has 0 spiro atoms. The van der Waals surface area contributed by atoms with E-state index in [1.54, 1.807) is 4.57 Å². The summed E-state index contributed by atoms with van der Waals surface area (Å²) >= 11 is 0. The summed E-state index contributed by atoms with van der Waals surface area (Å²) in [5, 5.41) is 9.08. The van der Waals surface area contributed by atoms with Crippen molar-refractivity contribution in [3.8, 4) is 6.07 Å². The van der Waals surface area contributed by atoms with Crippen molar-refractivity contribution in [2.75, 3.05) is 0 Å². The summed E-state index contributed by atoms with van der Waals surface area (Å²) in [6.07, 6.45) is 0. The Kier molecular flexibility index (Phi) is 3.54. The molecular weight excluding hydrogens is 200 g/mol. The van der Waals surface area contributed by atoms with Crippen molar-refractivity contribution in [3.63, 3.8) is 0 Å². The maximum absolute atomic E-state index is 12.1. The van der Waals surface area contributed by atoms with Gasteiger partial charge in [-0.1, -0.05) is 13.8 Å². The van der Waals surface area contributed by atoms with Gasteiger partial charge in [-0.2, -0.15) is 5.26 Å². The molecule has 0 aliphatic carbocycles. The molecule has 1 rings (SSSR count). The molecule has 16 heavy (non-hydrogen) atoms. The highest BCUT2D eigenvalue weighted by Gasteiger charge is 2.16. The number of rotatable bonds is 2. The van der Waals surface area contributed by atoms with Gasteiger partial charge in [-0.3, -0.25) is 4.79 Å². The second kappa shape index (κ2) is 4.52. The Balaban J connectivity index is 3.65. The van der Waals surface area contributed by atoms with Gasteiger partial charge >= 0.3 is 0 Å². The van der Waals surface area contributed by atoms with E-state index in [1.807, 2.05) is 46.8 Å². The number of hydrogen-bond acceptors (Lipinski definition) is 2. The summed E-state index contributed by atoms with van der Waals surface area (Å²) in [4.78, 5) is 12.1. The zero-order valence-electron chi connectivity index (χ0n) is 10.5. The number of aryl methyl sites for hydroxylation is 1. The molecule has 3 heteroatoms. The number of pyridine rings is 1. The lowest BCUT2D eigenvalue weighted by Crippen LogP contribution is -2.27. The van der Waals surface area contributed by atoms with Crippen molar-refractivity contribution in [2.24, 2.45) is 0 Å². The average molecular weight is 218 g/mol. The fourth-order valence-corrected chi connectivity index (χ4v) is 1.98. The van der Waals surface area contributed by atoms with Crippen LogP contribution in [0.1, 0.15) is 56.5 Å². The van der Waals surface area contributed by atoms with Crippen molar-refractivity contribution < 1.29 is 0 Å². The van der Waals surface area contributed by atoms with Gasteiger partial charge in [0.2, 0.25) is 0 Å². The molecule has 0 saturated carbocycles. The van der Waals surface area contributed by atoms with Crippen molar-refractivity contribution >= 4 is 0 Å². The molecular formula is C13H18N2O. The standard InChI is InChI=1S/C13H18N2O/c1-8(2)11-6-10(5)15(9(3)4)13(16)12(11)7-14/h6,8-9H,1-5H3. The fourth-order valence-electron chi connectivity index (χ4n) is 1.98. The summed E-state index contributed by atoms with van der Waals surface area (Å²) in [5.74, 6) is 0.197. The Labute approximate surface area is 96.3 Å². The van der Waals surface area contributed by atoms with Gasteiger partial charge in [-0.15, -0.1) is 0 Å². The van der Waals surface area contributed by atoms with Crippen LogP contribution in [0.2, 0.25) is 0 Å². The van der Waals surface area contributed by atoms with Gasteiger partial charge < -0.3 is 4.57 Å². The Morgan fingerprint density at radius 2 is 1.88 bits per heavy atom. The normalized spacial score (nSPS) is 10.9. The monoisotopic (exact) mass is 218 g/mol. The molecule has 3 nitrogen and oxygen atoms in total. The lowest BCUT2D eigenvalue weighted by molar-refractivity contribution is 0.558. The van der Waals surface area contributed by atoms with Gasteiger partial charge in [-0.05, 0) is 38.3 Å². The minimum absolute atomic E-state index is 0.0841. The summed E-state index contributed by atoms with van der Waals surface area (Å²) in [7, 11) is 0. The number of aromatic nitrogens is 1. The van der Waals surface area contributed by atoms with E-state index in [4.69, 9.17) is 5.26 Å². The number of nitriles is 1. The van der Waals surface area contributed by atoms with Crippen LogP contribution in [0.3, 0.4) is 0 Å². The van der Waals surface area contributed by atoms with Crippen LogP contribution in [0.15, 0.2) is 10.9 Å². The minimum atomic E-state index is -0.166. The Bertz CT molecular complexity index is 490. The number of nitrogens with zero attached hydrogens (tertiary/aromatic N) is 2. The fraction of sp³-hybridized carbons (Fsp3) is 0.538. The molecule has 0 amide bonds. The molecule has 0 aliphatic heterocycles. The van der Waals surface area contributed by atoms with Gasteiger partial charge in [-0.25, -0.2) is 0 Å². The second-order valence-corrected chi connectivity index (χ2v) is 4.65. The van der Waals surface area contributed by atoms with Gasteiger partial charge in [0, 0.05) is 11.7 Å². The molecule has 0 aromatic carbocycles. The lowest BCUT2D eigenvalue weighted by atomic mass is 9.98. The molecule has 1 aromatic rings. The largest absolute Gasteiger partial charge is 0.309 e. The van der Waals surface area contributed by atoms with Gasteiger partial charge in [0.1, 0.15) is 11.6 Å². The minimum Gasteiger partial charge on any atom is -0.309 e. The summed E-state index contributed by atoms with van der Waals surface area (Å²) in [5.41, 5.74) is 1.89. The summed E-state index contributed by atoms with van der Waals surface area (Å²) in [6.45, 7) is 9.80. The van der Waals surface area contributed by atoms with E-state index in [0.29, 0.717) is 0 Å². The van der Waals surface area contributed by atoms with E-state index < -0.39 is 0 Å². The first-order valence-electron chi connectivity index (χ1n) is 5.56. The predicted molar refractivity (Wildman–Crippen MR) is 64.6 cm³/mol. The van der Waals surface area contributed by atoms with E-state index in [0.717, 1.165) is 11.3 Å². The highest BCUT2D eigenvalue weighted by atomic mass is 16.1. The Hall–Kier alpha value is -1.56. The molecule has 1 heterocycles. The maximum atomic E-state index is 12.1. The highest BCUT2D eigenvalue weighted by molar-refractivity contribution is 5.39. The predicted octanol–water partition coefficient (Wildman–Crippen LogP) is 2.73. The van der Waals surface area contributed by atoms with Crippen molar-refractivity contribution in [1.29, 1.82) is 5.26 Å². The van der Waals surface area contributed by atoms with E-state index >= 15 is 0 Å². The van der Waals surface area contributed by atoms with E-state index in [2.05, 4.69) is 0 Å². The molecule has 0 bridgehead atoms. The van der Waals surface area contributed by atoms with Crippen LogP contribution in [0.25, 0.3) is 0 Å². The highest BCUT2D eigenvalue weighted by Crippen LogP contribution is 2.19. The first kappa shape index (κ1) is 12.5. The smallest absolute Gasteiger partial charge is 0.269 e. The molecule has 0 saturated heterocycles. The zero-order valence-corrected chi connectivity index (χ0v) is 10.5. The molecule has 0 unspecified atom stereocenters. The third-order valence-electron chi connectivity index (χ3n) is 2.72. The Morgan fingerprint density at radius 3 is 2.25 bits per heavy atom. The van der Waals surface area contributed by atoms with E-state index in [-0.39, 0.29) is 23.1 Å². The molecule has 0 aliphatic rings. The van der Waals surface area contributed by atoms with Crippen LogP contribution in [0, 0.1) is 18.3 Å². The second-order valence-electron chi connectivity index (χ2n) is 4.65. The third-order valence-corrected chi connectivity index (χ3v) is 2.72. The SMILES string of the molecule is Cc1cc(C(C)C)c(C#N)c(=O)n1C(C)C. The van der Waals surface area contributed by atoms with Gasteiger partial charge in [0.15, 0.2) is 0 Å². The van der Waals surface area contributed by atoms with Crippen molar-refractivity contribution in [1.82, 2.24) is 4.57 Å². The molecule has 0 N–H and O–H groups in total. The van der Waals surface area contributed by atoms with Crippen LogP contribution in [-0.2, 0) is 0 Å². The Morgan fingerprint density at radius 1 is 1.31 bits per heavy atom. The molecule has 0 fully saturated rings. The van der Waals surface area contributed by atoms with Crippen LogP contribution < -0.4 is 5.56 Å². The van der Waals surface area contributed by atoms with Crippen LogP contribution in [-0.4, -0.2) is 4.57 Å². The molecule has 86 valence electrons. The molecule has 1 aromatic heterocycles. The quantitative estimate of drug-likeness (QED) is 0.766. The van der Waals surface area contributed by atoms with E-state index in [1.165, 1.54) is 0 Å². The van der Waals surface area contributed by atoms with Gasteiger partial charge in [0.25, 0.3) is 5.56 Å². The summed E-state index contributed by atoms with van der Waals surface area (Å²) in [6, 6.07) is 4.07. The zero-order chi connectivity index (χ0) is 12.5. The molecule has 0 radical (unpaired) electrons. The molecule has 0 atom stereocenters. The number of hydrogen-bond donors (Lipinski definition) is 0. The van der Waals surface area contributed by atoms with Gasteiger partial charge in [0.05, 0.1) is 0 Å². The topological polar surface area (TPSA) is 45.8 Å². The van der Waals surface area contributed by atoms with Crippen molar-refractivity contribution in [3.05, 3.63) is 33.2 Å². The summed E-state index contributed by atoms with van der Waals surface area (Å²) < 4.78 is 1.67. The van der Waals surface area contributed by atoms with E-state index in [9.17, 15) is 4.79 Å². The first-order chi connectivity index (χ1) is 7.40. The van der Waals surface area contributed by atoms with Crippen molar-refractivity contribution in [2.45, 2.75) is 46.6 Å². The first-order valence-corrected chi connectivity index (χ1v) is 5.56. The van der Waals surface area contributed by atoms with Crippen LogP contribution in [0.4, 0.5) is 0 Å².